The Morgan fingerprint density at radius 1 is 1.29 bits per heavy atom. The number of H-pyrrole nitrogens is 3. The van der Waals surface area contributed by atoms with E-state index in [1.165, 1.54) is 0 Å². The van der Waals surface area contributed by atoms with Gasteiger partial charge in [0.25, 0.3) is 11.1 Å². The van der Waals surface area contributed by atoms with Crippen molar-refractivity contribution >= 4 is 12.7 Å². The highest BCUT2D eigenvalue weighted by molar-refractivity contribution is 5.47. The Morgan fingerprint density at radius 3 is 2.84 bits per heavy atom. The number of aromatic nitrogens is 4. The molecule has 3 heterocycles. The maximum atomic E-state index is 12.2. The van der Waals surface area contributed by atoms with Crippen molar-refractivity contribution in [1.29, 1.82) is 0 Å². The number of hydrogen-bond donors (Lipinski definition) is 3. The van der Waals surface area contributed by atoms with Crippen LogP contribution >= 0.6 is 0 Å². The molecule has 0 spiro atoms. The molecule has 2 aromatic rings. The van der Waals surface area contributed by atoms with Gasteiger partial charge in [-0.15, -0.1) is 0 Å². The number of rotatable bonds is 9. The summed E-state index contributed by atoms with van der Waals surface area (Å²) in [6, 6.07) is 0. The molecular weight excluding hydrogens is 398 g/mol. The van der Waals surface area contributed by atoms with E-state index in [0.717, 1.165) is 50.6 Å². The molecule has 0 radical (unpaired) electrons. The Morgan fingerprint density at radius 2 is 2.10 bits per heavy atom. The van der Waals surface area contributed by atoms with Crippen LogP contribution in [0.2, 0.25) is 0 Å². The lowest BCUT2D eigenvalue weighted by molar-refractivity contribution is -0.0675. The van der Waals surface area contributed by atoms with E-state index in [1.807, 2.05) is 6.92 Å². The van der Waals surface area contributed by atoms with Crippen molar-refractivity contribution < 1.29 is 9.47 Å². The quantitative estimate of drug-likeness (QED) is 0.507. The molecule has 0 bridgehead atoms. The highest BCUT2D eigenvalue weighted by Gasteiger charge is 2.20. The number of nitrogens with zero attached hydrogens (tertiary/aromatic N) is 2. The van der Waals surface area contributed by atoms with Crippen LogP contribution < -0.4 is 21.8 Å². The zero-order valence-electron chi connectivity index (χ0n) is 18.6. The van der Waals surface area contributed by atoms with Crippen LogP contribution in [0.25, 0.3) is 12.7 Å². The average Bonchev–Trinajstić information content (AvgIpc) is 3.14. The van der Waals surface area contributed by atoms with Gasteiger partial charge in [-0.2, -0.15) is 0 Å². The van der Waals surface area contributed by atoms with Crippen LogP contribution in [0.5, 0.6) is 0 Å². The lowest BCUT2D eigenvalue weighted by Gasteiger charge is -2.32. The van der Waals surface area contributed by atoms with Gasteiger partial charge in [-0.25, -0.2) is 4.98 Å². The largest absolute Gasteiger partial charge is 0.379 e. The maximum Gasteiger partial charge on any atom is 0.272 e. The van der Waals surface area contributed by atoms with Gasteiger partial charge in [-0.3, -0.25) is 14.5 Å². The van der Waals surface area contributed by atoms with Crippen molar-refractivity contribution in [2.24, 2.45) is 0 Å². The van der Waals surface area contributed by atoms with Crippen LogP contribution in [0.15, 0.2) is 9.59 Å². The minimum absolute atomic E-state index is 0.0422. The van der Waals surface area contributed by atoms with Gasteiger partial charge in [-0.1, -0.05) is 20.4 Å². The molecule has 0 aromatic carbocycles. The molecule has 1 fully saturated rings. The van der Waals surface area contributed by atoms with Crippen molar-refractivity contribution in [1.82, 2.24) is 24.8 Å². The molecule has 31 heavy (non-hydrogen) atoms. The monoisotopic (exact) mass is 431 g/mol. The third kappa shape index (κ3) is 6.25. The van der Waals surface area contributed by atoms with Crippen LogP contribution in [-0.4, -0.2) is 70.4 Å². The zero-order valence-corrected chi connectivity index (χ0v) is 18.6. The molecule has 1 saturated heterocycles. The third-order valence-corrected chi connectivity index (χ3v) is 5.32. The maximum absolute atomic E-state index is 12.2. The van der Waals surface area contributed by atoms with Crippen LogP contribution in [-0.2, 0) is 15.9 Å². The van der Waals surface area contributed by atoms with Gasteiger partial charge in [0.1, 0.15) is 11.2 Å². The summed E-state index contributed by atoms with van der Waals surface area (Å²) in [7, 11) is 0. The predicted molar refractivity (Wildman–Crippen MR) is 120 cm³/mol. The summed E-state index contributed by atoms with van der Waals surface area (Å²) in [5, 5.41) is 0.214. The predicted octanol–water partition coefficient (Wildman–Crippen LogP) is -0.181. The molecule has 2 aromatic heterocycles. The van der Waals surface area contributed by atoms with E-state index in [4.69, 9.17) is 14.5 Å². The molecule has 1 atom stereocenters. The van der Waals surface area contributed by atoms with Crippen molar-refractivity contribution in [3.63, 3.8) is 0 Å². The van der Waals surface area contributed by atoms with Crippen LogP contribution in [0.4, 0.5) is 0 Å². The second kappa shape index (κ2) is 10.7. The van der Waals surface area contributed by atoms with Gasteiger partial charge in [0, 0.05) is 31.8 Å². The number of nitrogens with one attached hydrogen (secondary N) is 3. The second-order valence-corrected chi connectivity index (χ2v) is 8.14. The van der Waals surface area contributed by atoms with Crippen molar-refractivity contribution in [2.45, 2.75) is 45.6 Å². The van der Waals surface area contributed by atoms with Gasteiger partial charge in [0.15, 0.2) is 0 Å². The van der Waals surface area contributed by atoms with Gasteiger partial charge in [0.2, 0.25) is 0 Å². The SMILES string of the molecule is C=c1[nH]c(=O)c(=Cc2nc(CCCN3CCOC(COCC)C3)[nH]c2C(C)C)[nH]c1=O. The highest BCUT2D eigenvalue weighted by Crippen LogP contribution is 2.18. The molecule has 0 aliphatic carbocycles. The first-order valence-electron chi connectivity index (χ1n) is 10.9. The number of aromatic amines is 3. The number of ether oxygens (including phenoxy) is 2. The fourth-order valence-corrected chi connectivity index (χ4v) is 3.68. The van der Waals surface area contributed by atoms with Crippen LogP contribution in [0.1, 0.15) is 50.3 Å². The molecule has 9 heteroatoms. The Kier molecular flexibility index (Phi) is 8.00. The standard InChI is InChI=1S/C22H33N5O4/c1-5-30-13-16-12-27(9-10-31-16)8-6-7-19-24-17(20(26-19)14(2)3)11-18-22(29)23-15(4)21(28)25-18/h11,14,16H,4-10,12-13H2,1-3H3,(H,23,29)(H,24,26)(H,25,28). The molecular formula is C22H33N5O4. The summed E-state index contributed by atoms with van der Waals surface area (Å²) in [6.07, 6.45) is 3.51. The van der Waals surface area contributed by atoms with Crippen molar-refractivity contribution in [3.8, 4) is 0 Å². The van der Waals surface area contributed by atoms with E-state index in [9.17, 15) is 9.59 Å². The van der Waals surface area contributed by atoms with E-state index >= 15 is 0 Å². The van der Waals surface area contributed by atoms with E-state index in [2.05, 4.69) is 40.3 Å². The third-order valence-electron chi connectivity index (χ3n) is 5.32. The van der Waals surface area contributed by atoms with Gasteiger partial charge in [0.05, 0.1) is 30.4 Å². The zero-order chi connectivity index (χ0) is 22.4. The van der Waals surface area contributed by atoms with Gasteiger partial charge < -0.3 is 24.4 Å². The minimum Gasteiger partial charge on any atom is -0.379 e. The molecule has 1 aliphatic rings. The summed E-state index contributed by atoms with van der Waals surface area (Å²) in [6.45, 7) is 14.5. The van der Waals surface area contributed by atoms with E-state index in [0.29, 0.717) is 18.9 Å². The molecule has 3 N–H and O–H groups in total. The average molecular weight is 432 g/mol. The van der Waals surface area contributed by atoms with Crippen molar-refractivity contribution in [3.05, 3.63) is 48.6 Å². The fourth-order valence-electron chi connectivity index (χ4n) is 3.68. The smallest absolute Gasteiger partial charge is 0.272 e. The van der Waals surface area contributed by atoms with E-state index in [1.54, 1.807) is 6.08 Å². The first-order chi connectivity index (χ1) is 14.9. The summed E-state index contributed by atoms with van der Waals surface area (Å²) < 4.78 is 11.2. The first-order valence-corrected chi connectivity index (χ1v) is 10.9. The Balaban J connectivity index is 1.68. The first kappa shape index (κ1) is 23.2. The van der Waals surface area contributed by atoms with Crippen molar-refractivity contribution in [2.75, 3.05) is 39.5 Å². The fraction of sp³-hybridized carbons (Fsp3) is 0.591. The van der Waals surface area contributed by atoms with E-state index < -0.39 is 11.1 Å². The summed E-state index contributed by atoms with van der Waals surface area (Å²) in [4.78, 5) is 39.5. The topological polar surface area (TPSA) is 116 Å². The molecule has 170 valence electrons. The van der Waals surface area contributed by atoms with Gasteiger partial charge >= 0.3 is 0 Å². The molecule has 0 saturated carbocycles. The molecule has 1 aliphatic heterocycles. The molecule has 1 unspecified atom stereocenters. The summed E-state index contributed by atoms with van der Waals surface area (Å²) >= 11 is 0. The summed E-state index contributed by atoms with van der Waals surface area (Å²) in [5.41, 5.74) is 0.807. The van der Waals surface area contributed by atoms with E-state index in [-0.39, 0.29) is 22.7 Å². The lowest BCUT2D eigenvalue weighted by atomic mass is 10.1. The minimum atomic E-state index is -0.416. The number of morpholine rings is 1. The number of hydrogen-bond acceptors (Lipinski definition) is 6. The summed E-state index contributed by atoms with van der Waals surface area (Å²) in [5.74, 6) is 1.07. The molecule has 3 rings (SSSR count). The molecule has 9 nitrogen and oxygen atoms in total. The lowest BCUT2D eigenvalue weighted by Crippen LogP contribution is -2.46. The van der Waals surface area contributed by atoms with Crippen LogP contribution in [0, 0.1) is 0 Å². The number of aryl methyl sites for hydroxylation is 1. The highest BCUT2D eigenvalue weighted by atomic mass is 16.5. The van der Waals surface area contributed by atoms with Gasteiger partial charge in [-0.05, 0) is 31.9 Å². The second-order valence-electron chi connectivity index (χ2n) is 8.14. The number of imidazole rings is 1. The Bertz CT molecular complexity index is 1080. The van der Waals surface area contributed by atoms with Crippen LogP contribution in [0.3, 0.4) is 0 Å². The molecule has 0 amide bonds. The Labute approximate surface area is 181 Å². The Hall–Kier alpha value is -2.49. The normalized spacial score (nSPS) is 18.2.